The highest BCUT2D eigenvalue weighted by Crippen LogP contribution is 2.10. The number of carboxylic acids is 2. The Balaban J connectivity index is -0.000000457. The number of nitrogens with two attached hydrogens (primary N) is 2. The minimum absolute atomic E-state index is 0.158. The molecular formula is C24H52N2O8. The van der Waals surface area contributed by atoms with E-state index >= 15 is 0 Å². The van der Waals surface area contributed by atoms with E-state index in [0.717, 1.165) is 91.1 Å². The normalized spacial score (nSPS) is 10.1. The van der Waals surface area contributed by atoms with E-state index in [0.29, 0.717) is 12.8 Å². The van der Waals surface area contributed by atoms with Gasteiger partial charge in [-0.05, 0) is 25.7 Å². The van der Waals surface area contributed by atoms with E-state index in [-0.39, 0.29) is 12.8 Å². The van der Waals surface area contributed by atoms with E-state index in [1.165, 1.54) is 0 Å². The molecule has 0 atom stereocenters. The summed E-state index contributed by atoms with van der Waals surface area (Å²) >= 11 is 0. The van der Waals surface area contributed by atoms with Gasteiger partial charge in [-0.3, -0.25) is 0 Å². The quantitative estimate of drug-likeness (QED) is 0.155. The van der Waals surface area contributed by atoms with Crippen molar-refractivity contribution in [3.8, 4) is 0 Å². The maximum atomic E-state index is 10.1. The van der Waals surface area contributed by atoms with Crippen LogP contribution in [0.1, 0.15) is 64.2 Å². The van der Waals surface area contributed by atoms with Crippen LogP contribution in [0.15, 0.2) is 0 Å². The number of carbonyl (C=O) groups is 2. The maximum Gasteiger partial charge on any atom is 0.0993 e. The lowest BCUT2D eigenvalue weighted by Gasteiger charge is -2.03. The molecule has 0 fully saturated rings. The second-order valence-electron chi connectivity index (χ2n) is 7.78. The zero-order chi connectivity index (χ0) is 26.1. The van der Waals surface area contributed by atoms with E-state index in [1.807, 2.05) is 0 Å². The standard InChI is InChI=1S/C12H22O4.2C6H15NO2/c13-11(14)9-7-5-3-1-2-4-6-8-10-12(15)16;2*1-8-5-3-7-4-6-9-2/h1-10H2,(H,13,14)(H,15,16);2*7H,3-6H2,1-2H3. The van der Waals surface area contributed by atoms with Gasteiger partial charge >= 0.3 is 0 Å². The average molecular weight is 497 g/mol. The number of hydrogen-bond acceptors (Lipinski definition) is 8. The van der Waals surface area contributed by atoms with Gasteiger partial charge in [0.05, 0.1) is 52.6 Å². The Kier molecular flexibility index (Phi) is 39.7. The van der Waals surface area contributed by atoms with Gasteiger partial charge in [0.25, 0.3) is 0 Å². The van der Waals surface area contributed by atoms with Gasteiger partial charge in [-0.15, -0.1) is 0 Å². The van der Waals surface area contributed by atoms with E-state index in [4.69, 9.17) is 18.9 Å². The maximum absolute atomic E-state index is 10.1. The topological polar surface area (TPSA) is 150 Å². The second kappa shape index (κ2) is 36.3. The SMILES string of the molecule is COCC[NH2+]CCOC.COCC[NH2+]CCOC.O=C([O-])CCCCCCCCCCC(=O)[O-]. The number of unbranched alkanes of at least 4 members (excludes halogenated alkanes) is 7. The fourth-order valence-corrected chi connectivity index (χ4v) is 2.69. The summed E-state index contributed by atoms with van der Waals surface area (Å²) in [5.41, 5.74) is 0. The number of carboxylic acid groups (broad SMARTS) is 2. The van der Waals surface area contributed by atoms with Gasteiger partial charge in [0.1, 0.15) is 0 Å². The zero-order valence-corrected chi connectivity index (χ0v) is 22.1. The molecular weight excluding hydrogens is 444 g/mol. The van der Waals surface area contributed by atoms with Gasteiger partial charge in [0, 0.05) is 40.4 Å². The van der Waals surface area contributed by atoms with Crippen molar-refractivity contribution in [3.63, 3.8) is 0 Å². The van der Waals surface area contributed by atoms with Crippen LogP contribution in [-0.2, 0) is 28.5 Å². The van der Waals surface area contributed by atoms with Crippen LogP contribution in [0.4, 0.5) is 0 Å². The number of aliphatic carboxylic acids is 2. The molecule has 0 rings (SSSR count). The van der Waals surface area contributed by atoms with E-state index < -0.39 is 11.9 Å². The van der Waals surface area contributed by atoms with Crippen molar-refractivity contribution in [3.05, 3.63) is 0 Å². The van der Waals surface area contributed by atoms with Crippen molar-refractivity contribution in [2.24, 2.45) is 0 Å². The molecule has 0 amide bonds. The number of ether oxygens (including phenoxy) is 4. The summed E-state index contributed by atoms with van der Waals surface area (Å²) in [5.74, 6) is -1.94. The Morgan fingerprint density at radius 3 is 0.941 bits per heavy atom. The van der Waals surface area contributed by atoms with Crippen LogP contribution in [0.5, 0.6) is 0 Å². The van der Waals surface area contributed by atoms with E-state index in [2.05, 4.69) is 10.6 Å². The Morgan fingerprint density at radius 2 is 0.735 bits per heavy atom. The summed E-state index contributed by atoms with van der Waals surface area (Å²) < 4.78 is 19.4. The van der Waals surface area contributed by atoms with Crippen molar-refractivity contribution < 1.29 is 49.4 Å². The highest BCUT2D eigenvalue weighted by Gasteiger charge is 1.93. The van der Waals surface area contributed by atoms with Crippen LogP contribution in [-0.4, -0.2) is 93.0 Å². The molecule has 0 aromatic heterocycles. The molecule has 4 N–H and O–H groups in total. The first kappa shape index (κ1) is 37.3. The Labute approximate surface area is 207 Å². The third-order valence-electron chi connectivity index (χ3n) is 4.62. The monoisotopic (exact) mass is 496 g/mol. The van der Waals surface area contributed by atoms with Gasteiger partial charge < -0.3 is 49.4 Å². The largest absolute Gasteiger partial charge is 0.550 e. The molecule has 0 spiro atoms. The molecule has 0 radical (unpaired) electrons. The number of quaternary nitrogens is 2. The van der Waals surface area contributed by atoms with Gasteiger partial charge in [0.2, 0.25) is 0 Å². The number of carbonyl (C=O) groups excluding carboxylic acids is 2. The van der Waals surface area contributed by atoms with Gasteiger partial charge in [-0.1, -0.05) is 38.5 Å². The molecule has 10 nitrogen and oxygen atoms in total. The predicted molar refractivity (Wildman–Crippen MR) is 127 cm³/mol. The van der Waals surface area contributed by atoms with Crippen LogP contribution >= 0.6 is 0 Å². The predicted octanol–water partition coefficient (Wildman–Crippen LogP) is -1.93. The smallest absolute Gasteiger partial charge is 0.0993 e. The Bertz CT molecular complexity index is 353. The van der Waals surface area contributed by atoms with Gasteiger partial charge in [-0.2, -0.15) is 0 Å². The molecule has 0 aliphatic rings. The first-order chi connectivity index (χ1) is 16.5. The van der Waals surface area contributed by atoms with Crippen molar-refractivity contribution in [2.45, 2.75) is 64.2 Å². The lowest BCUT2D eigenvalue weighted by Crippen LogP contribution is -2.86. The van der Waals surface area contributed by atoms with Crippen LogP contribution < -0.4 is 20.8 Å². The first-order valence-electron chi connectivity index (χ1n) is 12.4. The van der Waals surface area contributed by atoms with Crippen LogP contribution in [0, 0.1) is 0 Å². The molecule has 0 aliphatic heterocycles. The third kappa shape index (κ3) is 48.2. The first-order valence-corrected chi connectivity index (χ1v) is 12.4. The van der Waals surface area contributed by atoms with Gasteiger partial charge in [-0.25, -0.2) is 0 Å². The lowest BCUT2D eigenvalue weighted by atomic mass is 10.1. The number of methoxy groups -OCH3 is 4. The molecule has 34 heavy (non-hydrogen) atoms. The van der Waals surface area contributed by atoms with Crippen molar-refractivity contribution in [1.82, 2.24) is 0 Å². The number of hydrogen-bond donors (Lipinski definition) is 2. The van der Waals surface area contributed by atoms with Gasteiger partial charge in [0.15, 0.2) is 0 Å². The Morgan fingerprint density at radius 1 is 0.500 bits per heavy atom. The molecule has 0 saturated carbocycles. The van der Waals surface area contributed by atoms with Crippen molar-refractivity contribution in [2.75, 3.05) is 81.0 Å². The van der Waals surface area contributed by atoms with Crippen molar-refractivity contribution >= 4 is 11.9 Å². The molecule has 10 heteroatoms. The van der Waals surface area contributed by atoms with Crippen molar-refractivity contribution in [1.29, 1.82) is 0 Å². The summed E-state index contributed by atoms with van der Waals surface area (Å²) in [6.07, 6.45) is 7.88. The molecule has 0 saturated heterocycles. The lowest BCUT2D eigenvalue weighted by molar-refractivity contribution is -0.657. The molecule has 206 valence electrons. The van der Waals surface area contributed by atoms with Crippen LogP contribution in [0.2, 0.25) is 0 Å². The summed E-state index contributed by atoms with van der Waals surface area (Å²) in [6, 6.07) is 0. The van der Waals surface area contributed by atoms with E-state index in [1.54, 1.807) is 28.4 Å². The molecule has 0 aromatic carbocycles. The fraction of sp³-hybridized carbons (Fsp3) is 0.917. The Hall–Kier alpha value is -1.30. The fourth-order valence-electron chi connectivity index (χ4n) is 2.69. The summed E-state index contributed by atoms with van der Waals surface area (Å²) in [7, 11) is 6.85. The highest BCUT2D eigenvalue weighted by atomic mass is 16.5. The molecule has 0 aliphatic carbocycles. The molecule has 0 heterocycles. The molecule has 0 unspecified atom stereocenters. The highest BCUT2D eigenvalue weighted by molar-refractivity contribution is 5.64. The average Bonchev–Trinajstić information content (AvgIpc) is 2.81. The van der Waals surface area contributed by atoms with Crippen LogP contribution in [0.25, 0.3) is 0 Å². The minimum Gasteiger partial charge on any atom is -0.550 e. The molecule has 0 aromatic rings. The minimum atomic E-state index is -0.970. The summed E-state index contributed by atoms with van der Waals surface area (Å²) in [5, 5.41) is 24.5. The van der Waals surface area contributed by atoms with E-state index in [9.17, 15) is 19.8 Å². The number of rotatable bonds is 23. The summed E-state index contributed by atoms with van der Waals surface area (Å²) in [6.45, 7) is 7.40. The molecule has 0 bridgehead atoms. The zero-order valence-electron chi connectivity index (χ0n) is 22.1. The second-order valence-corrected chi connectivity index (χ2v) is 7.78. The van der Waals surface area contributed by atoms with Crippen LogP contribution in [0.3, 0.4) is 0 Å². The summed E-state index contributed by atoms with van der Waals surface area (Å²) in [4.78, 5) is 20.2. The third-order valence-corrected chi connectivity index (χ3v) is 4.62.